The second-order valence-electron chi connectivity index (χ2n) is 4.62. The minimum Gasteiger partial charge on any atom is -0.481 e. The lowest BCUT2D eigenvalue weighted by molar-refractivity contribution is -0.138. The molecule has 1 amide bonds. The van der Waals surface area contributed by atoms with Crippen LogP contribution in [0.4, 0.5) is 0 Å². The Morgan fingerprint density at radius 1 is 1.30 bits per heavy atom. The van der Waals surface area contributed by atoms with Gasteiger partial charge in [-0.1, -0.05) is 0 Å². The molecular weight excluding hydrogens is 260 g/mol. The van der Waals surface area contributed by atoms with Crippen LogP contribution >= 0.6 is 0 Å². The molecule has 0 aliphatic rings. The van der Waals surface area contributed by atoms with Crippen LogP contribution in [0.25, 0.3) is 6.08 Å². The van der Waals surface area contributed by atoms with Gasteiger partial charge in [0, 0.05) is 25.7 Å². The predicted molar refractivity (Wildman–Crippen MR) is 75.1 cm³/mol. The van der Waals surface area contributed by atoms with Crippen molar-refractivity contribution in [3.05, 3.63) is 30.2 Å². The molecule has 0 bridgehead atoms. The number of amides is 1. The molecule has 1 aromatic rings. The maximum atomic E-state index is 12.0. The van der Waals surface area contributed by atoms with Crippen LogP contribution in [0.3, 0.4) is 0 Å². The van der Waals surface area contributed by atoms with E-state index in [9.17, 15) is 9.59 Å². The number of carbonyl (C=O) groups excluding carboxylic acids is 1. The molecule has 6 heteroatoms. The molecule has 1 rings (SSSR count). The van der Waals surface area contributed by atoms with Crippen molar-refractivity contribution in [2.45, 2.75) is 6.42 Å². The van der Waals surface area contributed by atoms with E-state index in [0.717, 1.165) is 0 Å². The van der Waals surface area contributed by atoms with Crippen molar-refractivity contribution in [1.29, 1.82) is 0 Å². The van der Waals surface area contributed by atoms with Gasteiger partial charge >= 0.3 is 5.97 Å². The molecule has 0 aliphatic heterocycles. The van der Waals surface area contributed by atoms with E-state index in [-0.39, 0.29) is 18.9 Å². The number of furan rings is 1. The van der Waals surface area contributed by atoms with Crippen LogP contribution in [-0.2, 0) is 9.59 Å². The molecule has 1 aromatic heterocycles. The van der Waals surface area contributed by atoms with Crippen molar-refractivity contribution in [3.63, 3.8) is 0 Å². The minimum atomic E-state index is -0.914. The lowest BCUT2D eigenvalue weighted by Crippen LogP contribution is -2.37. The summed E-state index contributed by atoms with van der Waals surface area (Å²) in [5.74, 6) is -0.545. The Balaban J connectivity index is 2.59. The lowest BCUT2D eigenvalue weighted by atomic mass is 10.3. The number of rotatable bonds is 8. The highest BCUT2D eigenvalue weighted by atomic mass is 16.4. The fraction of sp³-hybridized carbons (Fsp3) is 0.429. The highest BCUT2D eigenvalue weighted by molar-refractivity contribution is 5.91. The SMILES string of the molecule is CN(C)CCN(CCC(=O)O)C(=O)/C=C/c1ccco1. The number of hydrogen-bond donors (Lipinski definition) is 1. The molecule has 1 heterocycles. The zero-order chi connectivity index (χ0) is 15.0. The molecule has 20 heavy (non-hydrogen) atoms. The summed E-state index contributed by atoms with van der Waals surface area (Å²) in [6.07, 6.45) is 4.44. The summed E-state index contributed by atoms with van der Waals surface area (Å²) in [5, 5.41) is 8.72. The highest BCUT2D eigenvalue weighted by Crippen LogP contribution is 2.04. The van der Waals surface area contributed by atoms with E-state index >= 15 is 0 Å². The maximum Gasteiger partial charge on any atom is 0.305 e. The average Bonchev–Trinajstić information content (AvgIpc) is 2.88. The van der Waals surface area contributed by atoms with E-state index in [4.69, 9.17) is 9.52 Å². The summed E-state index contributed by atoms with van der Waals surface area (Å²) in [7, 11) is 3.80. The smallest absolute Gasteiger partial charge is 0.305 e. The van der Waals surface area contributed by atoms with E-state index in [1.807, 2.05) is 19.0 Å². The molecule has 0 spiro atoms. The molecule has 0 fully saturated rings. The van der Waals surface area contributed by atoms with Gasteiger partial charge in [0.25, 0.3) is 0 Å². The van der Waals surface area contributed by atoms with Crippen LogP contribution in [0.5, 0.6) is 0 Å². The van der Waals surface area contributed by atoms with Gasteiger partial charge in [0.1, 0.15) is 5.76 Å². The molecule has 1 N–H and O–H groups in total. The standard InChI is InChI=1S/C14H20N2O4/c1-15(2)9-10-16(8-7-14(18)19)13(17)6-5-12-4-3-11-20-12/h3-6,11H,7-10H2,1-2H3,(H,18,19)/b6-5+. The van der Waals surface area contributed by atoms with Crippen LogP contribution in [0.1, 0.15) is 12.2 Å². The number of nitrogens with zero attached hydrogens (tertiary/aromatic N) is 2. The molecule has 0 aromatic carbocycles. The quantitative estimate of drug-likeness (QED) is 0.723. The largest absolute Gasteiger partial charge is 0.481 e. The first-order chi connectivity index (χ1) is 9.49. The van der Waals surface area contributed by atoms with E-state index in [0.29, 0.717) is 18.8 Å². The Morgan fingerprint density at radius 3 is 2.60 bits per heavy atom. The van der Waals surface area contributed by atoms with Crippen LogP contribution in [0, 0.1) is 0 Å². The van der Waals surface area contributed by atoms with Gasteiger partial charge in [-0.15, -0.1) is 0 Å². The fourth-order valence-electron chi connectivity index (χ4n) is 1.53. The van der Waals surface area contributed by atoms with Crippen LogP contribution < -0.4 is 0 Å². The van der Waals surface area contributed by atoms with Crippen molar-refractivity contribution < 1.29 is 19.1 Å². The fourth-order valence-corrected chi connectivity index (χ4v) is 1.53. The number of hydrogen-bond acceptors (Lipinski definition) is 4. The first kappa shape index (κ1) is 16.0. The Kier molecular flexibility index (Phi) is 6.52. The van der Waals surface area contributed by atoms with Gasteiger partial charge in [-0.25, -0.2) is 0 Å². The van der Waals surface area contributed by atoms with Crippen LogP contribution in [-0.4, -0.2) is 60.5 Å². The van der Waals surface area contributed by atoms with Gasteiger partial charge in [-0.2, -0.15) is 0 Å². The summed E-state index contributed by atoms with van der Waals surface area (Å²) in [6.45, 7) is 1.37. The third kappa shape index (κ3) is 6.19. The van der Waals surface area contributed by atoms with Crippen molar-refractivity contribution in [2.24, 2.45) is 0 Å². The third-order valence-corrected chi connectivity index (χ3v) is 2.66. The van der Waals surface area contributed by atoms with Crippen molar-refractivity contribution in [1.82, 2.24) is 9.80 Å². The monoisotopic (exact) mass is 280 g/mol. The van der Waals surface area contributed by atoms with E-state index < -0.39 is 5.97 Å². The molecule has 110 valence electrons. The van der Waals surface area contributed by atoms with Gasteiger partial charge in [0.15, 0.2) is 0 Å². The normalized spacial score (nSPS) is 11.2. The van der Waals surface area contributed by atoms with E-state index in [1.165, 1.54) is 17.2 Å². The number of carboxylic acids is 1. The molecule has 0 radical (unpaired) electrons. The number of carbonyl (C=O) groups is 2. The Labute approximate surface area is 118 Å². The first-order valence-electron chi connectivity index (χ1n) is 6.36. The molecule has 0 atom stereocenters. The molecule has 0 aliphatic carbocycles. The second kappa shape index (κ2) is 8.16. The minimum absolute atomic E-state index is 0.0617. The van der Waals surface area contributed by atoms with Crippen molar-refractivity contribution in [3.8, 4) is 0 Å². The zero-order valence-electron chi connectivity index (χ0n) is 11.8. The summed E-state index contributed by atoms with van der Waals surface area (Å²) in [4.78, 5) is 26.1. The van der Waals surface area contributed by atoms with Gasteiger partial charge in [-0.3, -0.25) is 9.59 Å². The first-order valence-corrected chi connectivity index (χ1v) is 6.36. The number of carboxylic acid groups (broad SMARTS) is 1. The summed E-state index contributed by atoms with van der Waals surface area (Å²) in [6, 6.07) is 3.48. The van der Waals surface area contributed by atoms with E-state index in [2.05, 4.69) is 0 Å². The average molecular weight is 280 g/mol. The predicted octanol–water partition coefficient (Wildman–Crippen LogP) is 1.16. The van der Waals surface area contributed by atoms with Gasteiger partial charge in [0.2, 0.25) is 5.91 Å². The number of likely N-dealkylation sites (N-methyl/N-ethyl adjacent to an activating group) is 1. The second-order valence-corrected chi connectivity index (χ2v) is 4.62. The topological polar surface area (TPSA) is 74.0 Å². The van der Waals surface area contributed by atoms with Gasteiger partial charge < -0.3 is 19.3 Å². The Hall–Kier alpha value is -2.08. The van der Waals surface area contributed by atoms with Crippen LogP contribution in [0.15, 0.2) is 28.9 Å². The van der Waals surface area contributed by atoms with Crippen LogP contribution in [0.2, 0.25) is 0 Å². The maximum absolute atomic E-state index is 12.0. The summed E-state index contributed by atoms with van der Waals surface area (Å²) < 4.78 is 5.10. The molecule has 0 saturated heterocycles. The highest BCUT2D eigenvalue weighted by Gasteiger charge is 2.12. The van der Waals surface area contributed by atoms with E-state index in [1.54, 1.807) is 18.2 Å². The third-order valence-electron chi connectivity index (χ3n) is 2.66. The molecular formula is C14H20N2O4. The molecule has 0 saturated carbocycles. The van der Waals surface area contributed by atoms with Gasteiger partial charge in [-0.05, 0) is 32.3 Å². The Morgan fingerprint density at radius 2 is 2.05 bits per heavy atom. The Bertz CT molecular complexity index is 452. The summed E-state index contributed by atoms with van der Waals surface area (Å²) >= 11 is 0. The molecule has 0 unspecified atom stereocenters. The van der Waals surface area contributed by atoms with Crippen molar-refractivity contribution >= 4 is 18.0 Å². The zero-order valence-corrected chi connectivity index (χ0v) is 11.8. The van der Waals surface area contributed by atoms with Gasteiger partial charge in [0.05, 0.1) is 12.7 Å². The molecule has 6 nitrogen and oxygen atoms in total. The summed E-state index contributed by atoms with van der Waals surface area (Å²) in [5.41, 5.74) is 0. The van der Waals surface area contributed by atoms with Crippen molar-refractivity contribution in [2.75, 3.05) is 33.7 Å². The lowest BCUT2D eigenvalue weighted by Gasteiger charge is -2.22. The number of aliphatic carboxylic acids is 1.